The first-order valence-electron chi connectivity index (χ1n) is 5.85. The Hall–Kier alpha value is -2.35. The van der Waals surface area contributed by atoms with Gasteiger partial charge in [0.1, 0.15) is 12.3 Å². The molecule has 0 aliphatic rings. The fourth-order valence-corrected chi connectivity index (χ4v) is 1.67. The van der Waals surface area contributed by atoms with E-state index in [9.17, 15) is 13.2 Å². The Morgan fingerprint density at radius 1 is 1.38 bits per heavy atom. The zero-order valence-corrected chi connectivity index (χ0v) is 10.7. The third kappa shape index (κ3) is 3.82. The van der Waals surface area contributed by atoms with Gasteiger partial charge in [-0.05, 0) is 6.07 Å². The number of rotatable bonds is 5. The lowest BCUT2D eigenvalue weighted by Crippen LogP contribution is -2.18. The third-order valence-electron chi connectivity index (χ3n) is 2.49. The number of aromatic nitrogens is 2. The Bertz CT molecular complexity index is 638. The molecule has 0 saturated carbocycles. The van der Waals surface area contributed by atoms with Crippen LogP contribution in [0.15, 0.2) is 35.5 Å². The number of nitrogens with zero attached hydrogens (tertiary/aromatic N) is 2. The second-order valence-corrected chi connectivity index (χ2v) is 4.05. The van der Waals surface area contributed by atoms with E-state index in [1.54, 1.807) is 6.08 Å². The number of hydrogen-bond donors (Lipinski definition) is 1. The van der Waals surface area contributed by atoms with Crippen LogP contribution in [0.2, 0.25) is 0 Å². The maximum Gasteiger partial charge on any atom is 0.573 e. The summed E-state index contributed by atoms with van der Waals surface area (Å²) < 4.78 is 45.9. The number of pyridine rings is 1. The van der Waals surface area contributed by atoms with Crippen molar-refractivity contribution >= 4 is 0 Å². The highest BCUT2D eigenvalue weighted by molar-refractivity contribution is 5.67. The lowest BCUT2D eigenvalue weighted by atomic mass is 10.1. The normalized spacial score (nSPS) is 11.4. The summed E-state index contributed by atoms with van der Waals surface area (Å²) in [7, 11) is 0. The Morgan fingerprint density at radius 2 is 2.14 bits per heavy atom. The molecule has 0 aromatic carbocycles. The lowest BCUT2D eigenvalue weighted by Gasteiger charge is -2.12. The van der Waals surface area contributed by atoms with Gasteiger partial charge in [-0.3, -0.25) is 4.98 Å². The molecule has 0 amide bonds. The molecule has 21 heavy (non-hydrogen) atoms. The quantitative estimate of drug-likeness (QED) is 0.860. The minimum Gasteiger partial charge on any atom is -0.403 e. The lowest BCUT2D eigenvalue weighted by molar-refractivity contribution is -0.274. The smallest absolute Gasteiger partial charge is 0.403 e. The summed E-state index contributed by atoms with van der Waals surface area (Å²) in [4.78, 5) is 3.86. The molecule has 2 heterocycles. The zero-order chi connectivity index (χ0) is 15.5. The average molecular weight is 300 g/mol. The van der Waals surface area contributed by atoms with E-state index in [0.717, 1.165) is 6.20 Å². The molecule has 0 bridgehead atoms. The SMILES string of the molecule is C=CCc1cc(-c2cc(CO)on2)c(OC(F)(F)F)cn1. The first-order chi connectivity index (χ1) is 9.93. The molecule has 112 valence electrons. The minimum atomic E-state index is -4.85. The molecule has 0 saturated heterocycles. The van der Waals surface area contributed by atoms with E-state index in [2.05, 4.69) is 21.5 Å². The predicted molar refractivity (Wildman–Crippen MR) is 66.2 cm³/mol. The molecule has 0 aliphatic carbocycles. The van der Waals surface area contributed by atoms with Crippen LogP contribution in [0, 0.1) is 0 Å². The summed E-state index contributed by atoms with van der Waals surface area (Å²) >= 11 is 0. The molecular formula is C13H11F3N2O3. The molecule has 5 nitrogen and oxygen atoms in total. The van der Waals surface area contributed by atoms with Crippen molar-refractivity contribution in [1.82, 2.24) is 10.1 Å². The van der Waals surface area contributed by atoms with Crippen LogP contribution in [0.1, 0.15) is 11.5 Å². The molecule has 2 rings (SSSR count). The van der Waals surface area contributed by atoms with Crippen LogP contribution in [-0.2, 0) is 13.0 Å². The summed E-state index contributed by atoms with van der Waals surface area (Å²) in [5, 5.41) is 12.5. The molecule has 0 radical (unpaired) electrons. The van der Waals surface area contributed by atoms with E-state index in [4.69, 9.17) is 9.63 Å². The standard InChI is InChI=1S/C13H11F3N2O3/c1-2-3-8-4-10(11-5-9(7-19)21-18-11)12(6-17-8)20-13(14,15)16/h2,4-6,19H,1,3,7H2. The van der Waals surface area contributed by atoms with E-state index in [-0.39, 0.29) is 17.0 Å². The summed E-state index contributed by atoms with van der Waals surface area (Å²) in [6, 6.07) is 2.73. The maximum absolute atomic E-state index is 12.4. The molecule has 0 unspecified atom stereocenters. The summed E-state index contributed by atoms with van der Waals surface area (Å²) in [5.74, 6) is -0.363. The number of ether oxygens (including phenoxy) is 1. The number of aliphatic hydroxyl groups is 1. The van der Waals surface area contributed by atoms with Crippen molar-refractivity contribution in [3.8, 4) is 17.0 Å². The van der Waals surface area contributed by atoms with Crippen LogP contribution in [-0.4, -0.2) is 21.6 Å². The predicted octanol–water partition coefficient (Wildman–Crippen LogP) is 2.86. The van der Waals surface area contributed by atoms with Crippen molar-refractivity contribution in [2.24, 2.45) is 0 Å². The Balaban J connectivity index is 2.47. The number of aliphatic hydroxyl groups excluding tert-OH is 1. The maximum atomic E-state index is 12.4. The Morgan fingerprint density at radius 3 is 2.71 bits per heavy atom. The molecule has 0 spiro atoms. The Labute approximate surface area is 117 Å². The zero-order valence-electron chi connectivity index (χ0n) is 10.7. The summed E-state index contributed by atoms with van der Waals surface area (Å²) in [6.45, 7) is 3.13. The first-order valence-corrected chi connectivity index (χ1v) is 5.85. The van der Waals surface area contributed by atoms with Gasteiger partial charge in [-0.15, -0.1) is 19.8 Å². The molecular weight excluding hydrogens is 289 g/mol. The molecule has 0 fully saturated rings. The van der Waals surface area contributed by atoms with Crippen molar-refractivity contribution in [3.63, 3.8) is 0 Å². The van der Waals surface area contributed by atoms with Gasteiger partial charge in [0.2, 0.25) is 0 Å². The van der Waals surface area contributed by atoms with Crippen molar-refractivity contribution in [2.45, 2.75) is 19.4 Å². The van der Waals surface area contributed by atoms with Crippen LogP contribution in [0.4, 0.5) is 13.2 Å². The molecule has 0 aliphatic heterocycles. The van der Waals surface area contributed by atoms with E-state index < -0.39 is 18.7 Å². The van der Waals surface area contributed by atoms with Crippen molar-refractivity contribution < 1.29 is 27.5 Å². The van der Waals surface area contributed by atoms with Gasteiger partial charge in [-0.1, -0.05) is 11.2 Å². The van der Waals surface area contributed by atoms with E-state index in [1.807, 2.05) is 0 Å². The summed E-state index contributed by atoms with van der Waals surface area (Å²) in [5.41, 5.74) is 0.691. The van der Waals surface area contributed by atoms with E-state index in [1.165, 1.54) is 12.1 Å². The first kappa shape index (κ1) is 15.0. The fourth-order valence-electron chi connectivity index (χ4n) is 1.67. The molecule has 2 aromatic heterocycles. The minimum absolute atomic E-state index is 0.0719. The van der Waals surface area contributed by atoms with E-state index >= 15 is 0 Å². The topological polar surface area (TPSA) is 68.4 Å². The van der Waals surface area contributed by atoms with Gasteiger partial charge in [0.15, 0.2) is 11.5 Å². The van der Waals surface area contributed by atoms with Gasteiger partial charge >= 0.3 is 6.36 Å². The van der Waals surface area contributed by atoms with Crippen LogP contribution in [0.3, 0.4) is 0 Å². The van der Waals surface area contributed by atoms with Gasteiger partial charge in [0.05, 0.1) is 6.20 Å². The number of hydrogen-bond acceptors (Lipinski definition) is 5. The average Bonchev–Trinajstić information content (AvgIpc) is 2.88. The van der Waals surface area contributed by atoms with Gasteiger partial charge in [0, 0.05) is 23.7 Å². The largest absolute Gasteiger partial charge is 0.573 e. The summed E-state index contributed by atoms with van der Waals surface area (Å²) in [6.07, 6.45) is -1.93. The highest BCUT2D eigenvalue weighted by Gasteiger charge is 2.33. The number of halogens is 3. The molecule has 1 N–H and O–H groups in total. The second-order valence-electron chi connectivity index (χ2n) is 4.05. The third-order valence-corrected chi connectivity index (χ3v) is 2.49. The van der Waals surface area contributed by atoms with Crippen LogP contribution >= 0.6 is 0 Å². The van der Waals surface area contributed by atoms with E-state index in [0.29, 0.717) is 12.1 Å². The second kappa shape index (κ2) is 5.96. The molecule has 2 aromatic rings. The Kier molecular flexibility index (Phi) is 4.27. The monoisotopic (exact) mass is 300 g/mol. The van der Waals surface area contributed by atoms with Gasteiger partial charge in [-0.2, -0.15) is 0 Å². The highest BCUT2D eigenvalue weighted by Crippen LogP contribution is 2.33. The number of allylic oxidation sites excluding steroid dienone is 1. The van der Waals surface area contributed by atoms with Gasteiger partial charge < -0.3 is 14.4 Å². The van der Waals surface area contributed by atoms with Crippen molar-refractivity contribution in [2.75, 3.05) is 0 Å². The van der Waals surface area contributed by atoms with Crippen LogP contribution < -0.4 is 4.74 Å². The molecule has 0 atom stereocenters. The molecule has 8 heteroatoms. The van der Waals surface area contributed by atoms with Gasteiger partial charge in [0.25, 0.3) is 0 Å². The van der Waals surface area contributed by atoms with Crippen molar-refractivity contribution in [3.05, 3.63) is 42.4 Å². The van der Waals surface area contributed by atoms with Crippen LogP contribution in [0.25, 0.3) is 11.3 Å². The number of alkyl halides is 3. The van der Waals surface area contributed by atoms with Crippen molar-refractivity contribution in [1.29, 1.82) is 0 Å². The van der Waals surface area contributed by atoms with Gasteiger partial charge in [-0.25, -0.2) is 0 Å². The van der Waals surface area contributed by atoms with Crippen LogP contribution in [0.5, 0.6) is 5.75 Å². The fraction of sp³-hybridized carbons (Fsp3) is 0.231. The highest BCUT2D eigenvalue weighted by atomic mass is 19.4.